The summed E-state index contributed by atoms with van der Waals surface area (Å²) in [6.45, 7) is 9.22. The molecular weight excluding hydrogens is 336 g/mol. The number of nitrogens with one attached hydrogen (secondary N) is 2. The Hall–Kier alpha value is -3.08. The molecule has 0 bridgehead atoms. The Morgan fingerprint density at radius 2 is 1.67 bits per heavy atom. The molecule has 0 fully saturated rings. The highest BCUT2D eigenvalue weighted by Gasteiger charge is 2.17. The molecule has 2 N–H and O–H groups in total. The summed E-state index contributed by atoms with van der Waals surface area (Å²) in [7, 11) is 0. The van der Waals surface area contributed by atoms with Gasteiger partial charge in [0.05, 0.1) is 6.61 Å². The van der Waals surface area contributed by atoms with E-state index in [4.69, 9.17) is 4.74 Å². The number of para-hydroxylation sites is 1. The highest BCUT2D eigenvalue weighted by atomic mass is 16.5. The molecule has 2 aromatic carbocycles. The largest absolute Gasteiger partial charge is 0.494 e. The number of anilines is 4. The van der Waals surface area contributed by atoms with Crippen molar-refractivity contribution in [1.29, 1.82) is 0 Å². The van der Waals surface area contributed by atoms with Crippen molar-refractivity contribution < 1.29 is 4.74 Å². The van der Waals surface area contributed by atoms with E-state index in [9.17, 15) is 0 Å². The van der Waals surface area contributed by atoms with Crippen LogP contribution >= 0.6 is 0 Å². The van der Waals surface area contributed by atoms with E-state index in [0.717, 1.165) is 22.9 Å². The molecule has 0 unspecified atom stereocenters. The fourth-order valence-electron chi connectivity index (χ4n) is 2.80. The molecule has 0 radical (unpaired) electrons. The summed E-state index contributed by atoms with van der Waals surface area (Å²) in [6.07, 6.45) is 1.74. The molecule has 5 nitrogen and oxygen atoms in total. The van der Waals surface area contributed by atoms with Crippen molar-refractivity contribution in [2.24, 2.45) is 0 Å². The predicted octanol–water partition coefficient (Wildman–Crippen LogP) is 5.66. The second-order valence-electron chi connectivity index (χ2n) is 7.27. The molecule has 0 aliphatic rings. The van der Waals surface area contributed by atoms with Gasteiger partial charge in [0, 0.05) is 17.6 Å². The Morgan fingerprint density at radius 3 is 2.37 bits per heavy atom. The van der Waals surface area contributed by atoms with Gasteiger partial charge in [-0.3, -0.25) is 0 Å². The maximum Gasteiger partial charge on any atom is 0.229 e. The van der Waals surface area contributed by atoms with Gasteiger partial charge in [-0.25, -0.2) is 4.98 Å². The summed E-state index contributed by atoms with van der Waals surface area (Å²) in [4.78, 5) is 8.89. The zero-order valence-electron chi connectivity index (χ0n) is 16.3. The first-order valence-corrected chi connectivity index (χ1v) is 9.15. The van der Waals surface area contributed by atoms with E-state index in [1.807, 2.05) is 43.3 Å². The minimum atomic E-state index is 0.0417. The Balaban J connectivity index is 1.77. The lowest BCUT2D eigenvalue weighted by atomic mass is 9.86. The quantitative estimate of drug-likeness (QED) is 0.592. The summed E-state index contributed by atoms with van der Waals surface area (Å²) >= 11 is 0. The molecule has 140 valence electrons. The van der Waals surface area contributed by atoms with Gasteiger partial charge in [-0.05, 0) is 54.3 Å². The number of hydrogen-bond donors (Lipinski definition) is 2. The molecule has 1 heterocycles. The minimum absolute atomic E-state index is 0.0417. The number of hydrogen-bond acceptors (Lipinski definition) is 5. The van der Waals surface area contributed by atoms with Crippen molar-refractivity contribution in [2.45, 2.75) is 33.1 Å². The van der Waals surface area contributed by atoms with Crippen molar-refractivity contribution in [1.82, 2.24) is 9.97 Å². The lowest BCUT2D eigenvalue weighted by molar-refractivity contribution is 0.340. The average Bonchev–Trinajstić information content (AvgIpc) is 2.63. The van der Waals surface area contributed by atoms with Gasteiger partial charge in [0.15, 0.2) is 0 Å². The summed E-state index contributed by atoms with van der Waals surface area (Å²) in [6, 6.07) is 17.9. The van der Waals surface area contributed by atoms with E-state index in [2.05, 4.69) is 59.6 Å². The van der Waals surface area contributed by atoms with Crippen molar-refractivity contribution in [3.05, 3.63) is 66.4 Å². The van der Waals surface area contributed by atoms with Crippen molar-refractivity contribution in [3.63, 3.8) is 0 Å². The maximum absolute atomic E-state index is 5.47. The molecule has 0 aliphatic carbocycles. The average molecular weight is 362 g/mol. The normalized spacial score (nSPS) is 11.1. The molecule has 1 aromatic heterocycles. The molecule has 0 saturated carbocycles. The second kappa shape index (κ2) is 8.08. The number of ether oxygens (including phenoxy) is 1. The summed E-state index contributed by atoms with van der Waals surface area (Å²) < 4.78 is 5.47. The molecular formula is C22H26N4O. The Morgan fingerprint density at radius 1 is 0.926 bits per heavy atom. The monoisotopic (exact) mass is 362 g/mol. The molecule has 0 spiro atoms. The van der Waals surface area contributed by atoms with Crippen molar-refractivity contribution in [2.75, 3.05) is 17.2 Å². The topological polar surface area (TPSA) is 59.1 Å². The molecule has 0 aliphatic heterocycles. The number of benzene rings is 2. The van der Waals surface area contributed by atoms with Gasteiger partial charge in [-0.1, -0.05) is 39.0 Å². The van der Waals surface area contributed by atoms with Gasteiger partial charge in [-0.15, -0.1) is 0 Å². The van der Waals surface area contributed by atoms with Crippen LogP contribution in [0.4, 0.5) is 23.1 Å². The third-order valence-electron chi connectivity index (χ3n) is 4.07. The van der Waals surface area contributed by atoms with Crippen LogP contribution in [0.3, 0.4) is 0 Å². The first-order valence-electron chi connectivity index (χ1n) is 9.15. The van der Waals surface area contributed by atoms with Crippen LogP contribution in [0.15, 0.2) is 60.8 Å². The maximum atomic E-state index is 5.47. The number of rotatable bonds is 6. The highest BCUT2D eigenvalue weighted by Crippen LogP contribution is 2.31. The van der Waals surface area contributed by atoms with E-state index in [-0.39, 0.29) is 5.41 Å². The first kappa shape index (κ1) is 18.7. The van der Waals surface area contributed by atoms with E-state index in [1.54, 1.807) is 6.20 Å². The molecule has 0 amide bonds. The van der Waals surface area contributed by atoms with Crippen LogP contribution in [0.2, 0.25) is 0 Å². The van der Waals surface area contributed by atoms with Crippen molar-refractivity contribution >= 4 is 23.1 Å². The van der Waals surface area contributed by atoms with E-state index in [0.29, 0.717) is 12.6 Å². The predicted molar refractivity (Wildman–Crippen MR) is 111 cm³/mol. The van der Waals surface area contributed by atoms with Gasteiger partial charge >= 0.3 is 0 Å². The fourth-order valence-corrected chi connectivity index (χ4v) is 2.80. The lowest BCUT2D eigenvalue weighted by Gasteiger charge is -2.23. The molecule has 0 saturated heterocycles. The zero-order chi connectivity index (χ0) is 19.3. The third-order valence-corrected chi connectivity index (χ3v) is 4.07. The lowest BCUT2D eigenvalue weighted by Crippen LogP contribution is -2.13. The first-order chi connectivity index (χ1) is 13.0. The van der Waals surface area contributed by atoms with Gasteiger partial charge in [-0.2, -0.15) is 4.98 Å². The fraction of sp³-hybridized carbons (Fsp3) is 0.273. The molecule has 27 heavy (non-hydrogen) atoms. The number of nitrogens with zero attached hydrogens (tertiary/aromatic N) is 2. The summed E-state index contributed by atoms with van der Waals surface area (Å²) in [5, 5.41) is 6.65. The molecule has 3 aromatic rings. The van der Waals surface area contributed by atoms with Crippen LogP contribution in [-0.4, -0.2) is 16.6 Å². The molecule has 3 rings (SSSR count). The third kappa shape index (κ3) is 4.97. The minimum Gasteiger partial charge on any atom is -0.494 e. The molecule has 5 heteroatoms. The Labute approximate surface area is 160 Å². The Kier molecular flexibility index (Phi) is 5.60. The summed E-state index contributed by atoms with van der Waals surface area (Å²) in [5.41, 5.74) is 3.24. The summed E-state index contributed by atoms with van der Waals surface area (Å²) in [5.74, 6) is 2.13. The SMILES string of the molecule is CCOc1ccc(Nc2nccc(Nc3ccccc3C(C)(C)C)n2)cc1. The van der Waals surface area contributed by atoms with Crippen LogP contribution in [-0.2, 0) is 5.41 Å². The van der Waals surface area contributed by atoms with Crippen LogP contribution in [0.1, 0.15) is 33.3 Å². The van der Waals surface area contributed by atoms with Crippen molar-refractivity contribution in [3.8, 4) is 5.75 Å². The zero-order valence-corrected chi connectivity index (χ0v) is 16.3. The van der Waals surface area contributed by atoms with Crippen LogP contribution < -0.4 is 15.4 Å². The molecule has 0 atom stereocenters. The van der Waals surface area contributed by atoms with Gasteiger partial charge in [0.2, 0.25) is 5.95 Å². The van der Waals surface area contributed by atoms with E-state index < -0.39 is 0 Å². The van der Waals surface area contributed by atoms with E-state index >= 15 is 0 Å². The van der Waals surface area contributed by atoms with Crippen LogP contribution in [0.5, 0.6) is 5.75 Å². The number of aromatic nitrogens is 2. The Bertz CT molecular complexity index is 885. The van der Waals surface area contributed by atoms with Gasteiger partial charge in [0.1, 0.15) is 11.6 Å². The standard InChI is InChI=1S/C22H26N4O/c1-5-27-17-12-10-16(11-13-17)24-21-23-15-14-20(26-21)25-19-9-7-6-8-18(19)22(2,3)4/h6-15H,5H2,1-4H3,(H2,23,24,25,26). The second-order valence-corrected chi connectivity index (χ2v) is 7.27. The van der Waals surface area contributed by atoms with Crippen LogP contribution in [0.25, 0.3) is 0 Å². The van der Waals surface area contributed by atoms with E-state index in [1.165, 1.54) is 5.56 Å². The van der Waals surface area contributed by atoms with Gasteiger partial charge < -0.3 is 15.4 Å². The van der Waals surface area contributed by atoms with Gasteiger partial charge in [0.25, 0.3) is 0 Å². The highest BCUT2D eigenvalue weighted by molar-refractivity contribution is 5.63. The smallest absolute Gasteiger partial charge is 0.229 e. The van der Waals surface area contributed by atoms with Crippen LogP contribution in [0, 0.1) is 0 Å².